The summed E-state index contributed by atoms with van der Waals surface area (Å²) in [5.41, 5.74) is 6.29. The molecular formula is C8H6N4O2. The van der Waals surface area contributed by atoms with E-state index in [4.69, 9.17) is 5.73 Å². The summed E-state index contributed by atoms with van der Waals surface area (Å²) in [6.07, 6.45) is 0.564. The van der Waals surface area contributed by atoms with Gasteiger partial charge in [0.1, 0.15) is 11.0 Å². The number of benzene rings is 1. The highest BCUT2D eigenvalue weighted by Gasteiger charge is 2.14. The topological polar surface area (TPSA) is 102 Å². The molecule has 0 radical (unpaired) electrons. The molecule has 2 rings (SSSR count). The molecule has 1 heterocycles. The molecule has 1 aromatic carbocycles. The standard InChI is InChI=1S/C8H6N4O2/c9-8(14)6-4(3-13)1-2-5-7(6)11-12-10-5/h1-3H,(H2,9,14)(H,10,11,12). The second-order valence-electron chi connectivity index (χ2n) is 2.70. The third-order valence-electron chi connectivity index (χ3n) is 1.89. The smallest absolute Gasteiger partial charge is 0.251 e. The molecule has 3 N–H and O–H groups in total. The largest absolute Gasteiger partial charge is 0.366 e. The van der Waals surface area contributed by atoms with E-state index >= 15 is 0 Å². The fraction of sp³-hybridized carbons (Fsp3) is 0. The van der Waals surface area contributed by atoms with Crippen LogP contribution in [0.15, 0.2) is 12.1 Å². The first-order chi connectivity index (χ1) is 6.74. The summed E-state index contributed by atoms with van der Waals surface area (Å²) in [5.74, 6) is -0.688. The van der Waals surface area contributed by atoms with Gasteiger partial charge in [0.25, 0.3) is 5.91 Å². The second kappa shape index (κ2) is 2.91. The summed E-state index contributed by atoms with van der Waals surface area (Å²) in [4.78, 5) is 21.7. The number of primary amides is 1. The maximum atomic E-state index is 11.1. The van der Waals surface area contributed by atoms with Crippen LogP contribution in [0.5, 0.6) is 0 Å². The van der Waals surface area contributed by atoms with Gasteiger partial charge < -0.3 is 5.73 Å². The van der Waals surface area contributed by atoms with Gasteiger partial charge in [0.15, 0.2) is 6.29 Å². The van der Waals surface area contributed by atoms with Gasteiger partial charge in [-0.05, 0) is 12.1 Å². The Morgan fingerprint density at radius 3 is 2.86 bits per heavy atom. The van der Waals surface area contributed by atoms with Gasteiger partial charge in [0.2, 0.25) is 0 Å². The molecule has 0 bridgehead atoms. The molecule has 0 saturated heterocycles. The second-order valence-corrected chi connectivity index (χ2v) is 2.70. The number of rotatable bonds is 2. The first-order valence-corrected chi connectivity index (χ1v) is 3.82. The zero-order valence-electron chi connectivity index (χ0n) is 7.02. The quantitative estimate of drug-likeness (QED) is 0.644. The summed E-state index contributed by atoms with van der Waals surface area (Å²) in [5, 5.41) is 9.89. The van der Waals surface area contributed by atoms with Crippen molar-refractivity contribution >= 4 is 23.2 Å². The Balaban J connectivity index is 2.88. The Labute approximate surface area is 78.1 Å². The van der Waals surface area contributed by atoms with E-state index in [1.54, 1.807) is 6.07 Å². The molecule has 6 heteroatoms. The van der Waals surface area contributed by atoms with Crippen molar-refractivity contribution in [1.82, 2.24) is 15.4 Å². The molecule has 0 aliphatic rings. The molecule has 1 amide bonds. The number of nitrogens with two attached hydrogens (primary N) is 1. The van der Waals surface area contributed by atoms with Crippen LogP contribution in [0.3, 0.4) is 0 Å². The minimum Gasteiger partial charge on any atom is -0.366 e. The molecule has 0 unspecified atom stereocenters. The number of aldehydes is 1. The number of hydrogen-bond donors (Lipinski definition) is 2. The number of aromatic amines is 1. The van der Waals surface area contributed by atoms with E-state index in [1.807, 2.05) is 0 Å². The molecular weight excluding hydrogens is 184 g/mol. The maximum absolute atomic E-state index is 11.1. The van der Waals surface area contributed by atoms with Crippen molar-refractivity contribution in [2.75, 3.05) is 0 Å². The molecule has 2 aromatic rings. The van der Waals surface area contributed by atoms with E-state index in [1.165, 1.54) is 6.07 Å². The van der Waals surface area contributed by atoms with Crippen molar-refractivity contribution in [3.05, 3.63) is 23.3 Å². The number of carbonyl (C=O) groups excluding carboxylic acids is 2. The molecule has 0 aliphatic heterocycles. The predicted octanol–water partition coefficient (Wildman–Crippen LogP) is -0.131. The lowest BCUT2D eigenvalue weighted by atomic mass is 10.1. The summed E-state index contributed by atoms with van der Waals surface area (Å²) in [6, 6.07) is 3.08. The lowest BCUT2D eigenvalue weighted by Crippen LogP contribution is -2.14. The average molecular weight is 190 g/mol. The summed E-state index contributed by atoms with van der Waals surface area (Å²) in [6.45, 7) is 0. The first kappa shape index (κ1) is 8.36. The van der Waals surface area contributed by atoms with Crippen LogP contribution in [0.25, 0.3) is 11.0 Å². The maximum Gasteiger partial charge on any atom is 0.251 e. The normalized spacial score (nSPS) is 10.3. The zero-order chi connectivity index (χ0) is 10.1. The molecule has 14 heavy (non-hydrogen) atoms. The molecule has 0 aliphatic carbocycles. The number of fused-ring (bicyclic) bond motifs is 1. The van der Waals surface area contributed by atoms with Gasteiger partial charge in [-0.2, -0.15) is 15.4 Å². The van der Waals surface area contributed by atoms with Crippen molar-refractivity contribution < 1.29 is 9.59 Å². The first-order valence-electron chi connectivity index (χ1n) is 3.82. The SMILES string of the molecule is NC(=O)c1c(C=O)ccc2n[nH]nc12. The van der Waals surface area contributed by atoms with E-state index in [2.05, 4.69) is 15.4 Å². The van der Waals surface area contributed by atoms with Gasteiger partial charge in [0, 0.05) is 5.56 Å². The van der Waals surface area contributed by atoms with Gasteiger partial charge in [0.05, 0.1) is 5.56 Å². The van der Waals surface area contributed by atoms with Crippen LogP contribution in [-0.2, 0) is 0 Å². The van der Waals surface area contributed by atoms with E-state index in [-0.39, 0.29) is 11.1 Å². The Bertz CT molecular complexity index is 517. The Morgan fingerprint density at radius 2 is 2.21 bits per heavy atom. The molecule has 70 valence electrons. The Hall–Kier alpha value is -2.24. The third-order valence-corrected chi connectivity index (χ3v) is 1.89. The highest BCUT2D eigenvalue weighted by atomic mass is 16.1. The fourth-order valence-electron chi connectivity index (χ4n) is 1.29. The van der Waals surface area contributed by atoms with Gasteiger partial charge >= 0.3 is 0 Å². The number of hydrogen-bond acceptors (Lipinski definition) is 4. The van der Waals surface area contributed by atoms with E-state index in [0.29, 0.717) is 17.3 Å². The molecule has 0 fully saturated rings. The van der Waals surface area contributed by atoms with Crippen LogP contribution in [0, 0.1) is 0 Å². The minimum absolute atomic E-state index is 0.103. The van der Waals surface area contributed by atoms with Crippen LogP contribution in [0.1, 0.15) is 20.7 Å². The van der Waals surface area contributed by atoms with Crippen LogP contribution in [-0.4, -0.2) is 27.6 Å². The van der Waals surface area contributed by atoms with E-state index in [9.17, 15) is 9.59 Å². The summed E-state index contributed by atoms with van der Waals surface area (Å²) >= 11 is 0. The van der Waals surface area contributed by atoms with Gasteiger partial charge in [-0.3, -0.25) is 9.59 Å². The van der Waals surface area contributed by atoms with Gasteiger partial charge in [-0.1, -0.05) is 0 Å². The van der Waals surface area contributed by atoms with Crippen LogP contribution >= 0.6 is 0 Å². The van der Waals surface area contributed by atoms with Crippen LogP contribution in [0.2, 0.25) is 0 Å². The predicted molar refractivity (Wildman–Crippen MR) is 47.8 cm³/mol. The van der Waals surface area contributed by atoms with Crippen molar-refractivity contribution in [2.45, 2.75) is 0 Å². The van der Waals surface area contributed by atoms with E-state index in [0.717, 1.165) is 0 Å². The number of carbonyl (C=O) groups is 2. The highest BCUT2D eigenvalue weighted by Crippen LogP contribution is 2.16. The summed E-state index contributed by atoms with van der Waals surface area (Å²) in [7, 11) is 0. The van der Waals surface area contributed by atoms with E-state index < -0.39 is 5.91 Å². The number of nitrogens with one attached hydrogen (secondary N) is 1. The molecule has 6 nitrogen and oxygen atoms in total. The van der Waals surface area contributed by atoms with Gasteiger partial charge in [-0.15, -0.1) is 0 Å². The fourth-order valence-corrected chi connectivity index (χ4v) is 1.29. The third kappa shape index (κ3) is 1.05. The average Bonchev–Trinajstić information content (AvgIpc) is 2.62. The number of nitrogens with zero attached hydrogens (tertiary/aromatic N) is 2. The van der Waals surface area contributed by atoms with Crippen LogP contribution < -0.4 is 5.73 Å². The van der Waals surface area contributed by atoms with Crippen molar-refractivity contribution in [3.8, 4) is 0 Å². The molecule has 0 atom stereocenters. The Kier molecular flexibility index (Phi) is 1.74. The minimum atomic E-state index is -0.688. The lowest BCUT2D eigenvalue weighted by Gasteiger charge is -1.98. The van der Waals surface area contributed by atoms with Crippen LogP contribution in [0.4, 0.5) is 0 Å². The zero-order valence-corrected chi connectivity index (χ0v) is 7.02. The lowest BCUT2D eigenvalue weighted by molar-refractivity contribution is 0.0994. The number of aromatic nitrogens is 3. The molecule has 0 spiro atoms. The summed E-state index contributed by atoms with van der Waals surface area (Å²) < 4.78 is 0. The van der Waals surface area contributed by atoms with Crippen molar-refractivity contribution in [2.24, 2.45) is 5.73 Å². The highest BCUT2D eigenvalue weighted by molar-refractivity contribution is 6.09. The van der Waals surface area contributed by atoms with Crippen molar-refractivity contribution in [3.63, 3.8) is 0 Å². The Morgan fingerprint density at radius 1 is 1.43 bits per heavy atom. The number of H-pyrrole nitrogens is 1. The molecule has 1 aromatic heterocycles. The van der Waals surface area contributed by atoms with Crippen molar-refractivity contribution in [1.29, 1.82) is 0 Å². The number of amides is 1. The molecule has 0 saturated carbocycles. The monoisotopic (exact) mass is 190 g/mol. The van der Waals surface area contributed by atoms with Gasteiger partial charge in [-0.25, -0.2) is 0 Å².